The molecule has 1 aromatic rings. The normalized spacial score (nSPS) is 13.0. The average Bonchev–Trinajstić information content (AvgIpc) is 2.50. The van der Waals surface area contributed by atoms with Crippen LogP contribution in [-0.4, -0.2) is 37.8 Å². The van der Waals surface area contributed by atoms with Crippen LogP contribution in [0, 0.1) is 0 Å². The Bertz CT molecular complexity index is 538. The zero-order chi connectivity index (χ0) is 17.5. The lowest BCUT2D eigenvalue weighted by Gasteiger charge is -2.20. The van der Waals surface area contributed by atoms with E-state index in [4.69, 9.17) is 15.2 Å². The van der Waals surface area contributed by atoms with E-state index in [0.717, 1.165) is 0 Å². The van der Waals surface area contributed by atoms with Crippen molar-refractivity contribution in [2.75, 3.05) is 20.3 Å². The van der Waals surface area contributed by atoms with E-state index >= 15 is 0 Å². The molecule has 1 aromatic carbocycles. The highest BCUT2D eigenvalue weighted by Gasteiger charge is 2.16. The molecule has 0 fully saturated rings. The molecule has 0 radical (unpaired) electrons. The van der Waals surface area contributed by atoms with E-state index in [1.807, 2.05) is 20.8 Å². The number of nitrogens with one attached hydrogen (secondary N) is 1. The van der Waals surface area contributed by atoms with E-state index in [2.05, 4.69) is 5.32 Å². The number of methoxy groups -OCH3 is 1. The second kappa shape index (κ2) is 10.3. The molecular formula is C17H26ClFN2O3. The summed E-state index contributed by atoms with van der Waals surface area (Å²) in [5.74, 6) is 0.375. The van der Waals surface area contributed by atoms with Gasteiger partial charge in [-0.05, 0) is 45.0 Å². The molecule has 5 nitrogen and oxygen atoms in total. The lowest BCUT2D eigenvalue weighted by Crippen LogP contribution is -2.40. The van der Waals surface area contributed by atoms with Crippen LogP contribution < -0.4 is 15.8 Å². The van der Waals surface area contributed by atoms with E-state index < -0.39 is 6.10 Å². The fourth-order valence-electron chi connectivity index (χ4n) is 1.88. The molecule has 7 heteroatoms. The van der Waals surface area contributed by atoms with Gasteiger partial charge >= 0.3 is 0 Å². The zero-order valence-electron chi connectivity index (χ0n) is 14.5. The fourth-order valence-corrected chi connectivity index (χ4v) is 1.88. The molecular weight excluding hydrogens is 335 g/mol. The van der Waals surface area contributed by atoms with Gasteiger partial charge in [0.05, 0.1) is 12.4 Å². The van der Waals surface area contributed by atoms with Gasteiger partial charge in [0.2, 0.25) is 0 Å². The largest absolute Gasteiger partial charge is 0.489 e. The van der Waals surface area contributed by atoms with E-state index in [9.17, 15) is 9.18 Å². The molecule has 0 bridgehead atoms. The van der Waals surface area contributed by atoms with E-state index in [0.29, 0.717) is 23.2 Å². The van der Waals surface area contributed by atoms with Gasteiger partial charge in [-0.25, -0.2) is 4.39 Å². The number of benzene rings is 1. The monoisotopic (exact) mass is 360 g/mol. The molecule has 0 unspecified atom stereocenters. The molecule has 1 amide bonds. The number of amides is 1. The standard InChI is InChI=1S/C17H25FN2O3.ClH/c1-17(2,3)20-16(21)12-5-7-14(8-6-12)23-11-13(9-18)15(10-19)22-4;/h5-9,15H,10-11,19H2,1-4H3,(H,20,21);1H/b13-9+;/t15-;/m0./s1. The Hall–Kier alpha value is -1.63. The lowest BCUT2D eigenvalue weighted by molar-refractivity contribution is 0.0919. The molecule has 1 atom stereocenters. The predicted octanol–water partition coefficient (Wildman–Crippen LogP) is 2.84. The van der Waals surface area contributed by atoms with Gasteiger partial charge in [0.1, 0.15) is 12.4 Å². The number of carbonyl (C=O) groups excluding carboxylic acids is 1. The van der Waals surface area contributed by atoms with Crippen molar-refractivity contribution in [3.05, 3.63) is 41.7 Å². The molecule has 0 heterocycles. The molecule has 0 aliphatic carbocycles. The first-order chi connectivity index (χ1) is 10.8. The Labute approximate surface area is 148 Å². The van der Waals surface area contributed by atoms with Crippen molar-refractivity contribution < 1.29 is 18.7 Å². The third-order valence-electron chi connectivity index (χ3n) is 3.06. The Morgan fingerprint density at radius 1 is 1.33 bits per heavy atom. The van der Waals surface area contributed by atoms with E-state index in [1.54, 1.807) is 24.3 Å². The summed E-state index contributed by atoms with van der Waals surface area (Å²) in [7, 11) is 1.46. The number of hydrogen-bond acceptors (Lipinski definition) is 4. The molecule has 0 aliphatic heterocycles. The van der Waals surface area contributed by atoms with E-state index in [1.165, 1.54) is 7.11 Å². The molecule has 0 saturated heterocycles. The molecule has 3 N–H and O–H groups in total. The van der Waals surface area contributed by atoms with Crippen LogP contribution in [0.5, 0.6) is 5.75 Å². The first-order valence-electron chi connectivity index (χ1n) is 7.38. The van der Waals surface area contributed by atoms with Crippen LogP contribution in [-0.2, 0) is 4.74 Å². The number of halogens is 2. The highest BCUT2D eigenvalue weighted by Crippen LogP contribution is 2.15. The van der Waals surface area contributed by atoms with Crippen LogP contribution in [0.15, 0.2) is 36.2 Å². The van der Waals surface area contributed by atoms with Crippen LogP contribution in [0.1, 0.15) is 31.1 Å². The minimum Gasteiger partial charge on any atom is -0.489 e. The summed E-state index contributed by atoms with van der Waals surface area (Å²) < 4.78 is 23.5. The lowest BCUT2D eigenvalue weighted by atomic mass is 10.1. The van der Waals surface area contributed by atoms with Crippen molar-refractivity contribution >= 4 is 18.3 Å². The molecule has 0 aliphatic rings. The molecule has 0 spiro atoms. The van der Waals surface area contributed by atoms with Crippen LogP contribution >= 0.6 is 12.4 Å². The summed E-state index contributed by atoms with van der Waals surface area (Å²) in [5, 5.41) is 2.88. The summed E-state index contributed by atoms with van der Waals surface area (Å²) in [5.41, 5.74) is 6.05. The van der Waals surface area contributed by atoms with Gasteiger partial charge in [-0.15, -0.1) is 12.4 Å². The second-order valence-corrected chi connectivity index (χ2v) is 6.16. The number of hydrogen-bond donors (Lipinski definition) is 2. The van der Waals surface area contributed by atoms with Crippen molar-refractivity contribution in [3.63, 3.8) is 0 Å². The van der Waals surface area contributed by atoms with Crippen molar-refractivity contribution in [3.8, 4) is 5.75 Å². The third kappa shape index (κ3) is 7.29. The summed E-state index contributed by atoms with van der Waals surface area (Å²) in [6, 6.07) is 6.65. The Balaban J connectivity index is 0.00000529. The number of rotatable bonds is 7. The predicted molar refractivity (Wildman–Crippen MR) is 95.4 cm³/mol. The van der Waals surface area contributed by atoms with Crippen LogP contribution in [0.4, 0.5) is 4.39 Å². The van der Waals surface area contributed by atoms with Gasteiger partial charge in [-0.1, -0.05) is 0 Å². The van der Waals surface area contributed by atoms with Crippen molar-refractivity contribution in [1.82, 2.24) is 5.32 Å². The zero-order valence-corrected chi connectivity index (χ0v) is 15.3. The first-order valence-corrected chi connectivity index (χ1v) is 7.38. The van der Waals surface area contributed by atoms with Crippen LogP contribution in [0.2, 0.25) is 0 Å². The third-order valence-corrected chi connectivity index (χ3v) is 3.06. The molecule has 0 saturated carbocycles. The van der Waals surface area contributed by atoms with Crippen molar-refractivity contribution in [1.29, 1.82) is 0 Å². The average molecular weight is 361 g/mol. The maximum atomic E-state index is 12.9. The Morgan fingerprint density at radius 3 is 2.33 bits per heavy atom. The van der Waals surface area contributed by atoms with Crippen molar-refractivity contribution in [2.24, 2.45) is 5.73 Å². The van der Waals surface area contributed by atoms with E-state index in [-0.39, 0.29) is 37.0 Å². The molecule has 136 valence electrons. The minimum atomic E-state index is -0.517. The van der Waals surface area contributed by atoms with Gasteiger partial charge in [-0.2, -0.15) is 0 Å². The van der Waals surface area contributed by atoms with Gasteiger partial charge in [0.15, 0.2) is 0 Å². The SMILES string of the molecule is CO[C@@H](CN)/C(=C/F)COc1ccc(C(=O)NC(C)(C)C)cc1.Cl. The number of nitrogens with two attached hydrogens (primary N) is 1. The van der Waals surface area contributed by atoms with Crippen molar-refractivity contribution in [2.45, 2.75) is 32.4 Å². The van der Waals surface area contributed by atoms with Crippen LogP contribution in [0.3, 0.4) is 0 Å². The second-order valence-electron chi connectivity index (χ2n) is 6.16. The summed E-state index contributed by atoms with van der Waals surface area (Å²) in [6.07, 6.45) is -0.0662. The Morgan fingerprint density at radius 2 is 1.92 bits per heavy atom. The summed E-state index contributed by atoms with van der Waals surface area (Å²) in [4.78, 5) is 12.0. The smallest absolute Gasteiger partial charge is 0.251 e. The van der Waals surface area contributed by atoms with Gasteiger partial charge in [0.25, 0.3) is 5.91 Å². The molecule has 0 aromatic heterocycles. The highest BCUT2D eigenvalue weighted by molar-refractivity contribution is 5.94. The fraction of sp³-hybridized carbons (Fsp3) is 0.471. The van der Waals surface area contributed by atoms with Gasteiger partial charge in [0, 0.05) is 30.3 Å². The quantitative estimate of drug-likeness (QED) is 0.784. The maximum Gasteiger partial charge on any atom is 0.251 e. The first kappa shape index (κ1) is 22.4. The number of carbonyl (C=O) groups is 1. The summed E-state index contributed by atoms with van der Waals surface area (Å²) in [6.45, 7) is 5.94. The molecule has 1 rings (SSSR count). The highest BCUT2D eigenvalue weighted by atomic mass is 35.5. The van der Waals surface area contributed by atoms with Crippen LogP contribution in [0.25, 0.3) is 0 Å². The topological polar surface area (TPSA) is 73.6 Å². The minimum absolute atomic E-state index is 0. The van der Waals surface area contributed by atoms with Gasteiger partial charge < -0.3 is 20.5 Å². The number of ether oxygens (including phenoxy) is 2. The van der Waals surface area contributed by atoms with Gasteiger partial charge in [-0.3, -0.25) is 4.79 Å². The molecule has 24 heavy (non-hydrogen) atoms. The Kier molecular flexibility index (Phi) is 9.58. The summed E-state index contributed by atoms with van der Waals surface area (Å²) >= 11 is 0. The maximum absolute atomic E-state index is 12.9.